The summed E-state index contributed by atoms with van der Waals surface area (Å²) < 4.78 is 4.57. The highest BCUT2D eigenvalue weighted by atomic mass is 15.1. The Balaban J connectivity index is 0.836. The Hall–Kier alpha value is -16.1. The lowest BCUT2D eigenvalue weighted by molar-refractivity contribution is 1.06. The van der Waals surface area contributed by atoms with Crippen molar-refractivity contribution in [2.75, 3.05) is 0 Å². The number of hydrogen-bond acceptors (Lipinski definition) is 8. The fourth-order valence-electron chi connectivity index (χ4n) is 15.4. The molecule has 0 amide bonds. The van der Waals surface area contributed by atoms with Gasteiger partial charge in [0.05, 0.1) is 69.9 Å². The molecule has 0 fully saturated rings. The zero-order valence-electron chi connectivity index (χ0n) is 59.9. The van der Waals surface area contributed by atoms with Gasteiger partial charge in [0.2, 0.25) is 0 Å². The van der Waals surface area contributed by atoms with E-state index in [1.165, 1.54) is 0 Å². The van der Waals surface area contributed by atoms with Gasteiger partial charge >= 0.3 is 0 Å². The van der Waals surface area contributed by atoms with Crippen molar-refractivity contribution in [3.8, 4) is 159 Å². The normalized spacial score (nSPS) is 11.2. The quantitative estimate of drug-likeness (QED) is 0.0979. The molecule has 112 heavy (non-hydrogen) atoms. The number of aromatic nitrogens is 8. The molecule has 0 N–H and O–H groups in total. The molecule has 0 bridgehead atoms. The van der Waals surface area contributed by atoms with Gasteiger partial charge in [0, 0.05) is 54.9 Å². The minimum absolute atomic E-state index is 0.456. The molecular weight excluding hydrogens is 1370 g/mol. The van der Waals surface area contributed by atoms with E-state index < -0.39 is 0 Å². The lowest BCUT2D eigenvalue weighted by Crippen LogP contribution is -2.04. The second-order valence-electron chi connectivity index (χ2n) is 27.3. The number of benzene rings is 15. The third kappa shape index (κ3) is 12.0. The molecule has 19 rings (SSSR count). The van der Waals surface area contributed by atoms with Crippen LogP contribution in [-0.4, -0.2) is 39.0 Å². The predicted octanol–water partition coefficient (Wildman–Crippen LogP) is 25.1. The topological polar surface area (TPSA) is 144 Å². The van der Waals surface area contributed by atoms with Gasteiger partial charge in [-0.3, -0.25) is 0 Å². The van der Waals surface area contributed by atoms with Crippen molar-refractivity contribution in [3.63, 3.8) is 0 Å². The second kappa shape index (κ2) is 28.3. The molecule has 4 aromatic heterocycles. The van der Waals surface area contributed by atoms with Crippen LogP contribution in [0.5, 0.6) is 0 Å². The fraction of sp³-hybridized carbons (Fsp3) is 0. The molecule has 0 saturated heterocycles. The number of nitrogens with zero attached hydrogens (tertiary/aromatic N) is 12. The molecule has 0 aliphatic rings. The molecule has 0 aliphatic carbocycles. The Morgan fingerprint density at radius 1 is 0.223 bits per heavy atom. The van der Waals surface area contributed by atoms with Gasteiger partial charge in [0.25, 0.3) is 0 Å². The summed E-state index contributed by atoms with van der Waals surface area (Å²) in [6, 6.07) is 123. The van der Waals surface area contributed by atoms with Crippen molar-refractivity contribution < 1.29 is 0 Å². The summed E-state index contributed by atoms with van der Waals surface area (Å²) in [4.78, 5) is 40.0. The molecule has 0 aliphatic heterocycles. The van der Waals surface area contributed by atoms with E-state index in [1.54, 1.807) is 0 Å². The summed E-state index contributed by atoms with van der Waals surface area (Å²) in [7, 11) is 0. The van der Waals surface area contributed by atoms with Crippen LogP contribution in [-0.2, 0) is 0 Å². The summed E-state index contributed by atoms with van der Waals surface area (Å²) >= 11 is 0. The van der Waals surface area contributed by atoms with Crippen LogP contribution in [0.3, 0.4) is 0 Å². The Bertz CT molecular complexity index is 6410. The average molecular weight is 1430 g/mol. The molecule has 15 aromatic carbocycles. The van der Waals surface area contributed by atoms with Gasteiger partial charge in [-0.25, -0.2) is 39.6 Å². The van der Waals surface area contributed by atoms with Crippen LogP contribution in [0.25, 0.3) is 200 Å². The number of para-hydroxylation sites is 2. The molecule has 0 spiro atoms. The molecule has 0 atom stereocenters. The predicted molar refractivity (Wildman–Crippen MR) is 449 cm³/mol. The highest BCUT2D eigenvalue weighted by Gasteiger charge is 2.26. The first-order valence-corrected chi connectivity index (χ1v) is 36.6. The van der Waals surface area contributed by atoms with Gasteiger partial charge < -0.3 is 9.13 Å². The Kier molecular flexibility index (Phi) is 16.8. The highest BCUT2D eigenvalue weighted by molar-refractivity contribution is 6.14. The number of fused-ring (bicyclic) bond motifs is 6. The van der Waals surface area contributed by atoms with Crippen molar-refractivity contribution in [1.29, 1.82) is 10.5 Å². The van der Waals surface area contributed by atoms with Crippen LogP contribution in [0.4, 0.5) is 11.4 Å². The third-order valence-electron chi connectivity index (χ3n) is 20.8. The molecule has 0 saturated carbocycles. The fourth-order valence-corrected chi connectivity index (χ4v) is 15.4. The maximum atomic E-state index is 10.4. The second-order valence-corrected chi connectivity index (χ2v) is 27.3. The van der Waals surface area contributed by atoms with E-state index in [0.717, 1.165) is 155 Å². The van der Waals surface area contributed by atoms with Crippen LogP contribution in [0.15, 0.2) is 352 Å². The summed E-state index contributed by atoms with van der Waals surface area (Å²) in [6.07, 6.45) is 0. The van der Waals surface area contributed by atoms with Gasteiger partial charge in [0.1, 0.15) is 0 Å². The number of hydrogen-bond donors (Lipinski definition) is 0. The van der Waals surface area contributed by atoms with Gasteiger partial charge in [0.15, 0.2) is 46.3 Å². The maximum absolute atomic E-state index is 10.4. The average Bonchev–Trinajstić information content (AvgIpc) is 1.60. The molecule has 12 heteroatoms. The van der Waals surface area contributed by atoms with E-state index in [4.69, 9.17) is 43.0 Å². The zero-order valence-corrected chi connectivity index (χ0v) is 59.9. The van der Waals surface area contributed by atoms with E-state index in [0.29, 0.717) is 57.4 Å². The van der Waals surface area contributed by atoms with Crippen LogP contribution in [0, 0.1) is 35.8 Å². The van der Waals surface area contributed by atoms with Crippen LogP contribution < -0.4 is 0 Å². The third-order valence-corrected chi connectivity index (χ3v) is 20.8. The summed E-state index contributed by atoms with van der Waals surface area (Å²) in [5.41, 5.74) is 22.8. The number of nitriles is 2. The largest absolute Gasteiger partial charge is 0.308 e. The molecule has 4 heterocycles. The number of rotatable bonds is 14. The minimum atomic E-state index is 0.456. The van der Waals surface area contributed by atoms with E-state index in [-0.39, 0.29) is 0 Å². The van der Waals surface area contributed by atoms with Crippen LogP contribution >= 0.6 is 0 Å². The zero-order chi connectivity index (χ0) is 75.2. The van der Waals surface area contributed by atoms with Gasteiger partial charge in [-0.05, 0) is 158 Å². The Morgan fingerprint density at radius 3 is 0.821 bits per heavy atom. The highest BCUT2D eigenvalue weighted by Crippen LogP contribution is 2.46. The van der Waals surface area contributed by atoms with E-state index in [1.807, 2.05) is 218 Å². The van der Waals surface area contributed by atoms with Crippen molar-refractivity contribution >= 4 is 55.0 Å². The van der Waals surface area contributed by atoms with Gasteiger partial charge in [-0.2, -0.15) is 10.5 Å². The molecule has 0 unspecified atom stereocenters. The summed E-state index contributed by atoms with van der Waals surface area (Å²) in [5.74, 6) is 2.96. The molecule has 0 radical (unpaired) electrons. The van der Waals surface area contributed by atoms with Crippen LogP contribution in [0.2, 0.25) is 0 Å². The van der Waals surface area contributed by atoms with E-state index >= 15 is 0 Å². The van der Waals surface area contributed by atoms with E-state index in [2.05, 4.69) is 164 Å². The Labute approximate surface area is 645 Å². The molecular formula is C100H58N12. The van der Waals surface area contributed by atoms with Gasteiger partial charge in [-0.1, -0.05) is 261 Å². The van der Waals surface area contributed by atoms with Gasteiger partial charge in [-0.15, -0.1) is 0 Å². The molecule has 19 aromatic rings. The first-order valence-electron chi connectivity index (χ1n) is 36.6. The lowest BCUT2D eigenvalue weighted by atomic mass is 9.95. The summed E-state index contributed by atoms with van der Waals surface area (Å²) in [5, 5.41) is 24.7. The Morgan fingerprint density at radius 2 is 0.491 bits per heavy atom. The van der Waals surface area contributed by atoms with Crippen molar-refractivity contribution in [1.82, 2.24) is 39.0 Å². The van der Waals surface area contributed by atoms with E-state index in [9.17, 15) is 10.5 Å². The molecule has 12 nitrogen and oxygen atoms in total. The standard InChI is InChI=1S/C100H58N12/c1-103-87-40-21-19-38-79(87)73-46-52-91-83(59-73)81-57-71(77-36-17-15-32-75(77)61-101)44-50-89(81)111(91)93-48-42-69(55-85(93)99-107-95(63-24-7-3-8-25-63)105-96(108-99)64-26-9-4-10-27-64)67-34-23-35-68(54-67)70-43-49-94(86(56-70)100-109-97(65-28-11-5-12-29-65)106-98(110-100)66-30-13-6-14-31-66)112-90-51-45-72(78-37-18-16-33-76(78)62-102)58-82(90)84-60-74(47-53-92(84)112)80-39-20-22-41-88(80)104-2/h3-60H. The minimum Gasteiger partial charge on any atom is -0.308 e. The summed E-state index contributed by atoms with van der Waals surface area (Å²) in [6.45, 7) is 16.4. The van der Waals surface area contributed by atoms with Crippen molar-refractivity contribution in [2.45, 2.75) is 0 Å². The first-order chi connectivity index (χ1) is 55.3. The van der Waals surface area contributed by atoms with Crippen molar-refractivity contribution in [3.05, 3.63) is 386 Å². The maximum Gasteiger partial charge on any atom is 0.194 e. The smallest absolute Gasteiger partial charge is 0.194 e. The first kappa shape index (κ1) is 66.6. The van der Waals surface area contributed by atoms with Crippen LogP contribution in [0.1, 0.15) is 11.1 Å². The lowest BCUT2D eigenvalue weighted by Gasteiger charge is -2.18. The van der Waals surface area contributed by atoms with Crippen molar-refractivity contribution in [2.24, 2.45) is 0 Å². The molecule has 518 valence electrons. The monoisotopic (exact) mass is 1430 g/mol. The SMILES string of the molecule is [C-]#[N+]c1ccccc1-c1ccc2c(c1)c1cc(-c3ccccc3C#N)ccc1n2-c1ccc(-c2cccc(-c3ccc(-n4c5ccc(-c6ccccc6C#N)cc5c5cc(-c6ccccc6[N+]#[C-])ccc54)c(-c4nc(-c5ccccc5)nc(-c5ccccc5)n4)c3)c2)cc1-c1nc(-c2ccccc2)nc(-c2ccccc2)n1.